The largest absolute Gasteiger partial charge is 0.282 e. The minimum atomic E-state index is 1.06. The Labute approximate surface area is 66.3 Å². The van der Waals surface area contributed by atoms with Crippen LogP contribution in [-0.2, 0) is 12.8 Å². The van der Waals surface area contributed by atoms with Crippen LogP contribution in [0.25, 0.3) is 6.08 Å². The predicted octanol–water partition coefficient (Wildman–Crippen LogP) is 1.93. The summed E-state index contributed by atoms with van der Waals surface area (Å²) in [6.45, 7) is 3.73. The van der Waals surface area contributed by atoms with Crippen molar-refractivity contribution < 1.29 is 0 Å². The van der Waals surface area contributed by atoms with E-state index in [1.165, 1.54) is 30.5 Å². The first kappa shape index (κ1) is 6.65. The van der Waals surface area contributed by atoms with Gasteiger partial charge in [0, 0.05) is 11.3 Å². The summed E-state index contributed by atoms with van der Waals surface area (Å²) in [6.07, 6.45) is 6.77. The number of rotatable bonds is 1. The fourth-order valence-electron chi connectivity index (χ4n) is 1.68. The second-order valence-electron chi connectivity index (χ2n) is 2.98. The van der Waals surface area contributed by atoms with E-state index in [2.05, 4.69) is 16.8 Å². The zero-order chi connectivity index (χ0) is 7.68. The standard InChI is InChI=1S/C9H12N2/c1-2-8-7-5-3-4-6-9(7)11-10-8/h2H,1,3-6H2,(H,10,11). The maximum atomic E-state index is 4.17. The van der Waals surface area contributed by atoms with Crippen molar-refractivity contribution >= 4 is 6.08 Å². The maximum absolute atomic E-state index is 4.17. The van der Waals surface area contributed by atoms with Gasteiger partial charge >= 0.3 is 0 Å². The Bertz CT molecular complexity index is 273. The Morgan fingerprint density at radius 3 is 3.00 bits per heavy atom. The van der Waals surface area contributed by atoms with Crippen molar-refractivity contribution in [1.29, 1.82) is 0 Å². The Morgan fingerprint density at radius 1 is 1.36 bits per heavy atom. The van der Waals surface area contributed by atoms with Crippen molar-refractivity contribution in [2.75, 3.05) is 0 Å². The van der Waals surface area contributed by atoms with Gasteiger partial charge in [0.15, 0.2) is 0 Å². The van der Waals surface area contributed by atoms with E-state index in [4.69, 9.17) is 0 Å². The van der Waals surface area contributed by atoms with Gasteiger partial charge in [-0.25, -0.2) is 0 Å². The number of aromatic amines is 1. The molecule has 1 N–H and O–H groups in total. The first-order valence-corrected chi connectivity index (χ1v) is 4.10. The molecular weight excluding hydrogens is 136 g/mol. The molecule has 0 aliphatic heterocycles. The summed E-state index contributed by atoms with van der Waals surface area (Å²) < 4.78 is 0. The molecule has 0 spiro atoms. The van der Waals surface area contributed by atoms with Crippen molar-refractivity contribution in [3.63, 3.8) is 0 Å². The molecule has 1 aromatic heterocycles. The molecule has 58 valence electrons. The zero-order valence-corrected chi connectivity index (χ0v) is 6.56. The van der Waals surface area contributed by atoms with Gasteiger partial charge in [-0.1, -0.05) is 6.58 Å². The third-order valence-corrected chi connectivity index (χ3v) is 2.28. The van der Waals surface area contributed by atoms with Crippen LogP contribution in [0.15, 0.2) is 6.58 Å². The van der Waals surface area contributed by atoms with Gasteiger partial charge in [0.1, 0.15) is 0 Å². The van der Waals surface area contributed by atoms with Crippen LogP contribution < -0.4 is 0 Å². The van der Waals surface area contributed by atoms with Crippen molar-refractivity contribution in [3.05, 3.63) is 23.5 Å². The van der Waals surface area contributed by atoms with Crippen LogP contribution in [0.3, 0.4) is 0 Å². The second-order valence-corrected chi connectivity index (χ2v) is 2.98. The smallest absolute Gasteiger partial charge is 0.0877 e. The Kier molecular flexibility index (Phi) is 1.53. The molecule has 0 saturated heterocycles. The lowest BCUT2D eigenvalue weighted by Gasteiger charge is -2.09. The lowest BCUT2D eigenvalue weighted by atomic mass is 9.96. The van der Waals surface area contributed by atoms with Gasteiger partial charge in [0.2, 0.25) is 0 Å². The van der Waals surface area contributed by atoms with Gasteiger partial charge < -0.3 is 0 Å². The molecule has 0 saturated carbocycles. The van der Waals surface area contributed by atoms with Gasteiger partial charge in [-0.3, -0.25) is 5.10 Å². The number of hydrogen-bond donors (Lipinski definition) is 1. The van der Waals surface area contributed by atoms with E-state index in [1.807, 2.05) is 6.08 Å². The van der Waals surface area contributed by atoms with Crippen LogP contribution in [0.5, 0.6) is 0 Å². The molecule has 2 nitrogen and oxygen atoms in total. The zero-order valence-electron chi connectivity index (χ0n) is 6.56. The van der Waals surface area contributed by atoms with E-state index >= 15 is 0 Å². The molecule has 0 fully saturated rings. The van der Waals surface area contributed by atoms with E-state index in [-0.39, 0.29) is 0 Å². The highest BCUT2D eigenvalue weighted by atomic mass is 15.1. The lowest BCUT2D eigenvalue weighted by molar-refractivity contribution is 0.674. The summed E-state index contributed by atoms with van der Waals surface area (Å²) in [4.78, 5) is 0. The first-order chi connectivity index (χ1) is 5.42. The van der Waals surface area contributed by atoms with Gasteiger partial charge in [-0.2, -0.15) is 5.10 Å². The molecule has 0 amide bonds. The number of aromatic nitrogens is 2. The number of fused-ring (bicyclic) bond motifs is 1. The average molecular weight is 148 g/mol. The topological polar surface area (TPSA) is 28.7 Å². The van der Waals surface area contributed by atoms with Gasteiger partial charge in [-0.15, -0.1) is 0 Å². The van der Waals surface area contributed by atoms with Crippen molar-refractivity contribution in [3.8, 4) is 0 Å². The Morgan fingerprint density at radius 2 is 2.18 bits per heavy atom. The molecule has 0 radical (unpaired) electrons. The highest BCUT2D eigenvalue weighted by Gasteiger charge is 2.13. The molecule has 1 aliphatic carbocycles. The molecule has 2 heteroatoms. The molecular formula is C9H12N2. The van der Waals surface area contributed by atoms with Crippen LogP contribution in [0, 0.1) is 0 Å². The number of nitrogens with one attached hydrogen (secondary N) is 1. The minimum Gasteiger partial charge on any atom is -0.282 e. The molecule has 1 aromatic rings. The Hall–Kier alpha value is -1.05. The molecule has 0 atom stereocenters. The van der Waals surface area contributed by atoms with Gasteiger partial charge in [0.25, 0.3) is 0 Å². The minimum absolute atomic E-state index is 1.06. The summed E-state index contributed by atoms with van der Waals surface area (Å²) >= 11 is 0. The summed E-state index contributed by atoms with van der Waals surface area (Å²) in [6, 6.07) is 0. The summed E-state index contributed by atoms with van der Waals surface area (Å²) in [5.74, 6) is 0. The monoisotopic (exact) mass is 148 g/mol. The van der Waals surface area contributed by atoms with E-state index in [1.54, 1.807) is 0 Å². The quantitative estimate of drug-likeness (QED) is 0.647. The molecule has 2 rings (SSSR count). The average Bonchev–Trinajstić information content (AvgIpc) is 2.47. The SMILES string of the molecule is C=Cc1n[nH]c2c1CCCC2. The lowest BCUT2D eigenvalue weighted by Crippen LogP contribution is -2.00. The second kappa shape index (κ2) is 2.53. The number of nitrogens with zero attached hydrogens (tertiary/aromatic N) is 1. The predicted molar refractivity (Wildman–Crippen MR) is 45.3 cm³/mol. The fraction of sp³-hybridized carbons (Fsp3) is 0.444. The highest BCUT2D eigenvalue weighted by Crippen LogP contribution is 2.22. The van der Waals surface area contributed by atoms with Gasteiger partial charge in [-0.05, 0) is 31.8 Å². The molecule has 1 aliphatic rings. The first-order valence-electron chi connectivity index (χ1n) is 4.10. The van der Waals surface area contributed by atoms with Crippen molar-refractivity contribution in [1.82, 2.24) is 10.2 Å². The van der Waals surface area contributed by atoms with E-state index in [0.29, 0.717) is 0 Å². The number of H-pyrrole nitrogens is 1. The third-order valence-electron chi connectivity index (χ3n) is 2.28. The molecule has 0 unspecified atom stereocenters. The number of aryl methyl sites for hydroxylation is 1. The summed E-state index contributed by atoms with van der Waals surface area (Å²) in [7, 11) is 0. The van der Waals surface area contributed by atoms with Crippen LogP contribution >= 0.6 is 0 Å². The van der Waals surface area contributed by atoms with E-state index < -0.39 is 0 Å². The van der Waals surface area contributed by atoms with E-state index in [0.717, 1.165) is 12.1 Å². The van der Waals surface area contributed by atoms with Gasteiger partial charge in [0.05, 0.1) is 5.69 Å². The summed E-state index contributed by atoms with van der Waals surface area (Å²) in [5.41, 5.74) is 3.78. The van der Waals surface area contributed by atoms with Crippen molar-refractivity contribution in [2.24, 2.45) is 0 Å². The van der Waals surface area contributed by atoms with Crippen molar-refractivity contribution in [2.45, 2.75) is 25.7 Å². The normalized spacial score (nSPS) is 16.0. The highest BCUT2D eigenvalue weighted by molar-refractivity contribution is 5.49. The Balaban J connectivity index is 2.45. The third kappa shape index (κ3) is 0.985. The molecule has 0 aromatic carbocycles. The number of hydrogen-bond acceptors (Lipinski definition) is 1. The maximum Gasteiger partial charge on any atom is 0.0877 e. The van der Waals surface area contributed by atoms with E-state index in [9.17, 15) is 0 Å². The summed E-state index contributed by atoms with van der Waals surface area (Å²) in [5, 5.41) is 7.23. The van der Waals surface area contributed by atoms with Crippen LogP contribution in [0.4, 0.5) is 0 Å². The molecule has 1 heterocycles. The molecule has 11 heavy (non-hydrogen) atoms. The van der Waals surface area contributed by atoms with Crippen LogP contribution in [0.1, 0.15) is 29.8 Å². The van der Waals surface area contributed by atoms with Crippen LogP contribution in [-0.4, -0.2) is 10.2 Å². The molecule has 0 bridgehead atoms. The fourth-order valence-corrected chi connectivity index (χ4v) is 1.68. The van der Waals surface area contributed by atoms with Crippen LogP contribution in [0.2, 0.25) is 0 Å².